The van der Waals surface area contributed by atoms with Crippen molar-refractivity contribution in [1.82, 2.24) is 19.5 Å². The average Bonchev–Trinajstić information content (AvgIpc) is 3.22. The van der Waals surface area contributed by atoms with Gasteiger partial charge in [-0.2, -0.15) is 0 Å². The van der Waals surface area contributed by atoms with Crippen LogP contribution < -0.4 is 20.3 Å². The van der Waals surface area contributed by atoms with Crippen LogP contribution in [0.2, 0.25) is 0 Å². The van der Waals surface area contributed by atoms with Crippen LogP contribution in [0.3, 0.4) is 0 Å². The van der Waals surface area contributed by atoms with Crippen molar-refractivity contribution in [2.24, 2.45) is 0 Å². The molecule has 3 aromatic heterocycles. The van der Waals surface area contributed by atoms with Gasteiger partial charge in [-0.15, -0.1) is 0 Å². The predicted octanol–water partition coefficient (Wildman–Crippen LogP) is 2.29. The molecule has 0 radical (unpaired) electrons. The molecule has 0 saturated carbocycles. The first kappa shape index (κ1) is 21.0. The third-order valence-electron chi connectivity index (χ3n) is 4.38. The molecule has 0 amide bonds. The highest BCUT2D eigenvalue weighted by Crippen LogP contribution is 2.50. The molecule has 0 aromatic carbocycles. The summed E-state index contributed by atoms with van der Waals surface area (Å²) in [5.74, 6) is 0.470. The summed E-state index contributed by atoms with van der Waals surface area (Å²) in [6.07, 6.45) is 7.29. The number of hydrogen-bond donors (Lipinski definition) is 1. The van der Waals surface area contributed by atoms with Crippen molar-refractivity contribution in [2.75, 3.05) is 6.61 Å². The van der Waals surface area contributed by atoms with Crippen LogP contribution >= 0.6 is 7.82 Å². The van der Waals surface area contributed by atoms with Crippen molar-refractivity contribution in [3.8, 4) is 11.5 Å². The Kier molecular flexibility index (Phi) is 6.26. The highest BCUT2D eigenvalue weighted by molar-refractivity contribution is 7.49. The summed E-state index contributed by atoms with van der Waals surface area (Å²) in [6, 6.07) is 7.48. The molecular weight excluding hydrogens is 427 g/mol. The van der Waals surface area contributed by atoms with E-state index < -0.39 is 31.4 Å². The number of pyridine rings is 2. The van der Waals surface area contributed by atoms with Gasteiger partial charge in [0.25, 0.3) is 5.56 Å². The summed E-state index contributed by atoms with van der Waals surface area (Å²) < 4.78 is 36.9. The van der Waals surface area contributed by atoms with Gasteiger partial charge in [0.15, 0.2) is 5.75 Å². The first-order chi connectivity index (χ1) is 15.0. The van der Waals surface area contributed by atoms with Gasteiger partial charge < -0.3 is 13.8 Å². The molecule has 1 saturated heterocycles. The van der Waals surface area contributed by atoms with Crippen LogP contribution in [0.5, 0.6) is 11.5 Å². The Morgan fingerprint density at radius 3 is 2.61 bits per heavy atom. The molecule has 1 aliphatic rings. The molecule has 4 heterocycles. The van der Waals surface area contributed by atoms with Crippen LogP contribution in [0, 0.1) is 0 Å². The number of aromatic nitrogens is 4. The standard InChI is InChI=1S/C19H19N4O7P/c24-17-7-11-23(19(25)22-17)18-4-3-16(28-18)13-27-31(26,29-14-5-9-20-10-6-14)30-15-2-1-8-21-12-15/h1-2,5-12,16,18H,3-4,13H2,(H,22,24,25)/t16-,18+,31?/m0/s1. The van der Waals surface area contributed by atoms with E-state index in [2.05, 4.69) is 15.0 Å². The second kappa shape index (κ2) is 9.25. The van der Waals surface area contributed by atoms with Crippen LogP contribution in [0.4, 0.5) is 0 Å². The predicted molar refractivity (Wildman–Crippen MR) is 108 cm³/mol. The number of H-pyrrole nitrogens is 1. The molecule has 31 heavy (non-hydrogen) atoms. The zero-order valence-corrected chi connectivity index (χ0v) is 17.1. The number of nitrogens with one attached hydrogen (secondary N) is 1. The summed E-state index contributed by atoms with van der Waals surface area (Å²) in [5, 5.41) is 0. The van der Waals surface area contributed by atoms with Crippen molar-refractivity contribution in [3.63, 3.8) is 0 Å². The maximum atomic E-state index is 13.3. The topological polar surface area (TPSA) is 135 Å². The quantitative estimate of drug-likeness (QED) is 0.517. The van der Waals surface area contributed by atoms with Crippen molar-refractivity contribution in [2.45, 2.75) is 25.2 Å². The Labute approximate surface area is 176 Å². The summed E-state index contributed by atoms with van der Waals surface area (Å²) in [7, 11) is -4.09. The Morgan fingerprint density at radius 2 is 1.87 bits per heavy atom. The Balaban J connectivity index is 1.44. The molecule has 1 fully saturated rings. The number of phosphoric ester groups is 1. The van der Waals surface area contributed by atoms with Crippen molar-refractivity contribution in [1.29, 1.82) is 0 Å². The van der Waals surface area contributed by atoms with Crippen molar-refractivity contribution >= 4 is 7.82 Å². The Bertz CT molecular complexity index is 1120. The fraction of sp³-hybridized carbons (Fsp3) is 0.263. The number of rotatable bonds is 8. The molecular formula is C19H19N4O7P. The monoisotopic (exact) mass is 446 g/mol. The van der Waals surface area contributed by atoms with Crippen LogP contribution in [-0.4, -0.2) is 32.2 Å². The lowest BCUT2D eigenvalue weighted by Gasteiger charge is -2.21. The minimum atomic E-state index is -4.09. The molecule has 1 N–H and O–H groups in total. The largest absolute Gasteiger partial charge is 0.587 e. The first-order valence-corrected chi connectivity index (χ1v) is 10.9. The number of hydrogen-bond acceptors (Lipinski definition) is 9. The van der Waals surface area contributed by atoms with E-state index in [1.807, 2.05) is 0 Å². The van der Waals surface area contributed by atoms with Crippen LogP contribution in [0.15, 0.2) is 70.9 Å². The van der Waals surface area contributed by atoms with Gasteiger partial charge in [0.05, 0.1) is 18.9 Å². The lowest BCUT2D eigenvalue weighted by Crippen LogP contribution is -2.31. The molecule has 3 atom stereocenters. The molecule has 0 aliphatic carbocycles. The van der Waals surface area contributed by atoms with Gasteiger partial charge in [0, 0.05) is 30.9 Å². The fourth-order valence-electron chi connectivity index (χ4n) is 2.97. The highest BCUT2D eigenvalue weighted by Gasteiger charge is 2.35. The van der Waals surface area contributed by atoms with Crippen molar-refractivity contribution in [3.05, 3.63) is 82.2 Å². The summed E-state index contributed by atoms with van der Waals surface area (Å²) in [5.41, 5.74) is -1.05. The summed E-state index contributed by atoms with van der Waals surface area (Å²) >= 11 is 0. The molecule has 1 unspecified atom stereocenters. The van der Waals surface area contributed by atoms with Gasteiger partial charge in [0.1, 0.15) is 12.0 Å². The van der Waals surface area contributed by atoms with E-state index in [9.17, 15) is 14.2 Å². The van der Waals surface area contributed by atoms with Gasteiger partial charge in [-0.25, -0.2) is 9.36 Å². The van der Waals surface area contributed by atoms with Gasteiger partial charge >= 0.3 is 13.5 Å². The number of aromatic amines is 1. The number of phosphoric acid groups is 1. The minimum Gasteiger partial charge on any atom is -0.395 e. The SMILES string of the molecule is O=c1ccn([C@H]2CC[C@@H](COP(=O)(Oc3ccncc3)Oc3cccnc3)O2)c(=O)[nH]1. The molecule has 1 aliphatic heterocycles. The van der Waals surface area contributed by atoms with E-state index in [0.717, 1.165) is 0 Å². The van der Waals surface area contributed by atoms with Gasteiger partial charge in [-0.05, 0) is 37.1 Å². The molecule has 162 valence electrons. The van der Waals surface area contributed by atoms with Crippen LogP contribution in [0.1, 0.15) is 19.1 Å². The zero-order chi connectivity index (χ0) is 21.7. The Hall–Kier alpha value is -3.27. The lowest BCUT2D eigenvalue weighted by atomic mass is 10.2. The maximum Gasteiger partial charge on any atom is 0.587 e. The Morgan fingerprint density at radius 1 is 1.06 bits per heavy atom. The third kappa shape index (κ3) is 5.46. The van der Waals surface area contributed by atoms with Crippen molar-refractivity contribution < 1.29 is 22.9 Å². The highest BCUT2D eigenvalue weighted by atomic mass is 31.2. The normalized spacial score (nSPS) is 20.1. The van der Waals surface area contributed by atoms with Gasteiger partial charge in [0.2, 0.25) is 0 Å². The number of nitrogens with zero attached hydrogens (tertiary/aromatic N) is 3. The molecule has 4 rings (SSSR count). The van der Waals surface area contributed by atoms with E-state index >= 15 is 0 Å². The zero-order valence-electron chi connectivity index (χ0n) is 16.2. The van der Waals surface area contributed by atoms with Crippen LogP contribution in [0.25, 0.3) is 0 Å². The lowest BCUT2D eigenvalue weighted by molar-refractivity contribution is -0.0235. The van der Waals surface area contributed by atoms with E-state index in [1.54, 1.807) is 18.3 Å². The number of ether oxygens (including phenoxy) is 1. The minimum absolute atomic E-state index is 0.1000. The third-order valence-corrected chi connectivity index (χ3v) is 5.72. The smallest absolute Gasteiger partial charge is 0.395 e. The molecule has 12 heteroatoms. The van der Waals surface area contributed by atoms with Gasteiger partial charge in [-0.1, -0.05) is 0 Å². The summed E-state index contributed by atoms with van der Waals surface area (Å²) in [6.45, 7) is -0.1000. The van der Waals surface area contributed by atoms with E-state index in [4.69, 9.17) is 18.3 Å². The van der Waals surface area contributed by atoms with E-state index in [0.29, 0.717) is 12.8 Å². The molecule has 0 spiro atoms. The fourth-order valence-corrected chi connectivity index (χ4v) is 4.21. The molecule has 0 bridgehead atoms. The van der Waals surface area contributed by atoms with Crippen LogP contribution in [-0.2, 0) is 13.8 Å². The maximum absolute atomic E-state index is 13.3. The van der Waals surface area contributed by atoms with E-state index in [1.165, 1.54) is 47.6 Å². The molecule has 3 aromatic rings. The van der Waals surface area contributed by atoms with Gasteiger partial charge in [-0.3, -0.25) is 28.8 Å². The molecule has 11 nitrogen and oxygen atoms in total. The average molecular weight is 446 g/mol. The second-order valence-corrected chi connectivity index (χ2v) is 8.12. The summed E-state index contributed by atoms with van der Waals surface area (Å²) in [4.78, 5) is 33.2. The second-order valence-electron chi connectivity index (χ2n) is 6.60. The van der Waals surface area contributed by atoms with E-state index in [-0.39, 0.29) is 18.1 Å². The first-order valence-electron chi connectivity index (χ1n) is 9.41.